The summed E-state index contributed by atoms with van der Waals surface area (Å²) in [6, 6.07) is 10.0. The van der Waals surface area contributed by atoms with Crippen molar-refractivity contribution in [3.8, 4) is 5.75 Å². The quantitative estimate of drug-likeness (QED) is 0.790. The summed E-state index contributed by atoms with van der Waals surface area (Å²) in [5, 5.41) is 0. The predicted octanol–water partition coefficient (Wildman–Crippen LogP) is 4.79. The average molecular weight is 357 g/mol. The van der Waals surface area contributed by atoms with Gasteiger partial charge in [0.15, 0.2) is 17.3 Å². The van der Waals surface area contributed by atoms with Crippen molar-refractivity contribution in [1.82, 2.24) is 4.90 Å². The number of rotatable bonds is 4. The van der Waals surface area contributed by atoms with Gasteiger partial charge in [0.1, 0.15) is 12.4 Å². The van der Waals surface area contributed by atoms with E-state index in [2.05, 4.69) is 0 Å². The number of amides is 1. The van der Waals surface area contributed by atoms with Gasteiger partial charge in [0, 0.05) is 12.6 Å². The second-order valence-corrected chi connectivity index (χ2v) is 7.24. The smallest absolute Gasteiger partial charge is 0.289 e. The third kappa shape index (κ3) is 3.48. The lowest BCUT2D eigenvalue weighted by atomic mass is 9.78. The van der Waals surface area contributed by atoms with Crippen LogP contribution in [0.1, 0.15) is 54.8 Å². The highest BCUT2D eigenvalue weighted by atomic mass is 19.1. The van der Waals surface area contributed by atoms with E-state index in [0.717, 1.165) is 19.4 Å². The molecule has 1 aromatic carbocycles. The van der Waals surface area contributed by atoms with Crippen molar-refractivity contribution in [3.05, 3.63) is 53.7 Å². The van der Waals surface area contributed by atoms with Crippen LogP contribution in [-0.4, -0.2) is 23.4 Å². The molecule has 1 aliphatic heterocycles. The van der Waals surface area contributed by atoms with Crippen molar-refractivity contribution < 1.29 is 18.3 Å². The van der Waals surface area contributed by atoms with Crippen LogP contribution in [0.15, 0.2) is 40.8 Å². The third-order valence-electron chi connectivity index (χ3n) is 5.58. The largest absolute Gasteiger partial charge is 0.483 e. The Bertz CT molecular complexity index is 770. The van der Waals surface area contributed by atoms with Crippen LogP contribution in [0.25, 0.3) is 0 Å². The van der Waals surface area contributed by atoms with Crippen LogP contribution in [0.3, 0.4) is 0 Å². The minimum atomic E-state index is -0.410. The summed E-state index contributed by atoms with van der Waals surface area (Å²) in [6.07, 6.45) is 7.10. The molecule has 0 bridgehead atoms. The molecule has 0 unspecified atom stereocenters. The standard InChI is InChI=1S/C21H24FNO3/c22-17-8-2-4-10-19(17)25-14-16-11-12-20(26-16)21(24)23-13-5-7-15-6-1-3-9-18(15)23/h2,4,8,10-12,15,18H,1,3,5-7,9,13-14H2/t15-,18-/m1/s1. The highest BCUT2D eigenvalue weighted by Gasteiger charge is 2.36. The van der Waals surface area contributed by atoms with Crippen LogP contribution in [0.2, 0.25) is 0 Å². The van der Waals surface area contributed by atoms with Crippen LogP contribution in [0.4, 0.5) is 4.39 Å². The van der Waals surface area contributed by atoms with Crippen LogP contribution < -0.4 is 4.74 Å². The summed E-state index contributed by atoms with van der Waals surface area (Å²) in [6.45, 7) is 0.905. The van der Waals surface area contributed by atoms with E-state index in [-0.39, 0.29) is 18.3 Å². The van der Waals surface area contributed by atoms with Crippen molar-refractivity contribution in [3.63, 3.8) is 0 Å². The number of halogens is 1. The first-order chi connectivity index (χ1) is 12.7. The number of para-hydroxylation sites is 1. The number of piperidine rings is 1. The van der Waals surface area contributed by atoms with E-state index in [4.69, 9.17) is 9.15 Å². The number of fused-ring (bicyclic) bond motifs is 1. The second-order valence-electron chi connectivity index (χ2n) is 7.24. The second kappa shape index (κ2) is 7.52. The number of benzene rings is 1. The van der Waals surface area contributed by atoms with E-state index in [9.17, 15) is 9.18 Å². The maximum Gasteiger partial charge on any atom is 0.289 e. The minimum absolute atomic E-state index is 0.0289. The summed E-state index contributed by atoms with van der Waals surface area (Å²) >= 11 is 0. The molecule has 2 fully saturated rings. The molecule has 2 atom stereocenters. The minimum Gasteiger partial charge on any atom is -0.483 e. The first-order valence-corrected chi connectivity index (χ1v) is 9.49. The molecule has 2 aliphatic rings. The molecule has 0 radical (unpaired) electrons. The van der Waals surface area contributed by atoms with E-state index < -0.39 is 5.82 Å². The summed E-state index contributed by atoms with van der Waals surface area (Å²) in [7, 11) is 0. The monoisotopic (exact) mass is 357 g/mol. The van der Waals surface area contributed by atoms with Crippen molar-refractivity contribution in [2.24, 2.45) is 5.92 Å². The molecule has 0 spiro atoms. The van der Waals surface area contributed by atoms with E-state index >= 15 is 0 Å². The molecule has 2 aromatic rings. The number of hydrogen-bond donors (Lipinski definition) is 0. The molecule has 0 N–H and O–H groups in total. The number of hydrogen-bond acceptors (Lipinski definition) is 3. The van der Waals surface area contributed by atoms with Gasteiger partial charge < -0.3 is 14.1 Å². The van der Waals surface area contributed by atoms with Crippen molar-refractivity contribution in [1.29, 1.82) is 0 Å². The Morgan fingerprint density at radius 2 is 1.92 bits per heavy atom. The van der Waals surface area contributed by atoms with Gasteiger partial charge in [-0.1, -0.05) is 25.0 Å². The molecule has 2 heterocycles. The molecule has 1 aromatic heterocycles. The molecular formula is C21H24FNO3. The Hall–Kier alpha value is -2.30. The Morgan fingerprint density at radius 1 is 1.12 bits per heavy atom. The number of carbonyl (C=O) groups is 1. The average Bonchev–Trinajstić information content (AvgIpc) is 3.15. The van der Waals surface area contributed by atoms with Gasteiger partial charge in [0.25, 0.3) is 5.91 Å². The maximum atomic E-state index is 13.6. The van der Waals surface area contributed by atoms with Gasteiger partial charge in [-0.05, 0) is 55.9 Å². The van der Waals surface area contributed by atoms with Crippen molar-refractivity contribution in [2.75, 3.05) is 6.54 Å². The highest BCUT2D eigenvalue weighted by Crippen LogP contribution is 2.36. The molecule has 138 valence electrons. The number of nitrogens with zero attached hydrogens (tertiary/aromatic N) is 1. The van der Waals surface area contributed by atoms with Crippen molar-refractivity contribution >= 4 is 5.91 Å². The van der Waals surface area contributed by atoms with Gasteiger partial charge in [-0.25, -0.2) is 4.39 Å². The molecular weight excluding hydrogens is 333 g/mol. The molecule has 4 rings (SSSR count). The summed E-state index contributed by atoms with van der Waals surface area (Å²) < 4.78 is 24.8. The van der Waals surface area contributed by atoms with E-state index in [1.165, 1.54) is 31.7 Å². The van der Waals surface area contributed by atoms with Gasteiger partial charge in [-0.2, -0.15) is 0 Å². The molecule has 1 saturated heterocycles. The van der Waals surface area contributed by atoms with Crippen molar-refractivity contribution in [2.45, 2.75) is 51.2 Å². The maximum absolute atomic E-state index is 13.6. The Kier molecular flexibility index (Phi) is 4.96. The molecule has 5 heteroatoms. The summed E-state index contributed by atoms with van der Waals surface area (Å²) in [5.41, 5.74) is 0. The van der Waals surface area contributed by atoms with E-state index in [1.54, 1.807) is 30.3 Å². The van der Waals surface area contributed by atoms with Crippen LogP contribution in [0, 0.1) is 11.7 Å². The van der Waals surface area contributed by atoms with Gasteiger partial charge in [-0.3, -0.25) is 4.79 Å². The van der Waals surface area contributed by atoms with Crippen LogP contribution in [-0.2, 0) is 6.61 Å². The number of carbonyl (C=O) groups excluding carboxylic acids is 1. The fourth-order valence-corrected chi connectivity index (χ4v) is 4.30. The zero-order chi connectivity index (χ0) is 17.9. The lowest BCUT2D eigenvalue weighted by Gasteiger charge is -2.43. The van der Waals surface area contributed by atoms with Crippen LogP contribution >= 0.6 is 0 Å². The fraction of sp³-hybridized carbons (Fsp3) is 0.476. The van der Waals surface area contributed by atoms with Gasteiger partial charge in [-0.15, -0.1) is 0 Å². The van der Waals surface area contributed by atoms with E-state index in [1.807, 2.05) is 4.90 Å². The van der Waals surface area contributed by atoms with Crippen LogP contribution in [0.5, 0.6) is 5.75 Å². The first kappa shape index (κ1) is 17.1. The summed E-state index contributed by atoms with van der Waals surface area (Å²) in [4.78, 5) is 14.9. The Balaban J connectivity index is 1.42. The molecule has 1 aliphatic carbocycles. The summed E-state index contributed by atoms with van der Waals surface area (Å²) in [5.74, 6) is 1.25. The number of ether oxygens (including phenoxy) is 1. The third-order valence-corrected chi connectivity index (χ3v) is 5.58. The topological polar surface area (TPSA) is 42.7 Å². The predicted molar refractivity (Wildman–Crippen MR) is 95.5 cm³/mol. The lowest BCUT2D eigenvalue weighted by Crippen LogP contribution is -2.49. The van der Waals surface area contributed by atoms with E-state index in [0.29, 0.717) is 23.5 Å². The fourth-order valence-electron chi connectivity index (χ4n) is 4.30. The zero-order valence-corrected chi connectivity index (χ0v) is 14.8. The van der Waals surface area contributed by atoms with Gasteiger partial charge in [0.05, 0.1) is 0 Å². The first-order valence-electron chi connectivity index (χ1n) is 9.49. The van der Waals surface area contributed by atoms with Gasteiger partial charge >= 0.3 is 0 Å². The Labute approximate surface area is 152 Å². The normalized spacial score (nSPS) is 22.7. The number of likely N-dealkylation sites (tertiary alicyclic amines) is 1. The molecule has 1 saturated carbocycles. The molecule has 1 amide bonds. The number of furan rings is 1. The molecule has 4 nitrogen and oxygen atoms in total. The highest BCUT2D eigenvalue weighted by molar-refractivity contribution is 5.91. The molecule has 26 heavy (non-hydrogen) atoms. The Morgan fingerprint density at radius 3 is 2.81 bits per heavy atom. The zero-order valence-electron chi connectivity index (χ0n) is 14.8. The SMILES string of the molecule is O=C(c1ccc(COc2ccccc2F)o1)N1CCC[C@H]2CCCC[C@H]21. The van der Waals surface area contributed by atoms with Gasteiger partial charge in [0.2, 0.25) is 0 Å². The lowest BCUT2D eigenvalue weighted by molar-refractivity contribution is 0.0359.